The minimum absolute atomic E-state index is 0.375. The van der Waals surface area contributed by atoms with Crippen LogP contribution in [0.2, 0.25) is 0 Å². The van der Waals surface area contributed by atoms with Crippen molar-refractivity contribution in [3.8, 4) is 0 Å². The smallest absolute Gasteiger partial charge is 0.414 e. The normalized spacial score (nSPS) is 16.5. The molecule has 0 bridgehead atoms. The van der Waals surface area contributed by atoms with Crippen molar-refractivity contribution in [2.45, 2.75) is 32.9 Å². The maximum atomic E-state index is 12.0. The number of hydrogen-bond acceptors (Lipinski definition) is 5. The molecule has 7 nitrogen and oxygen atoms in total. The number of aromatic nitrogens is 2. The first-order chi connectivity index (χ1) is 10.3. The van der Waals surface area contributed by atoms with E-state index in [0.29, 0.717) is 0 Å². The molecule has 7 heteroatoms. The number of carbonyl (C=O) groups excluding carboxylic acids is 1. The first kappa shape index (κ1) is 16.8. The first-order valence-electron chi connectivity index (χ1n) is 7.64. The second kappa shape index (κ2) is 7.11. The second-order valence-electron chi connectivity index (χ2n) is 6.45. The Bertz CT molecular complexity index is 489. The molecule has 0 aromatic carbocycles. The van der Waals surface area contributed by atoms with Crippen LogP contribution in [0.25, 0.3) is 0 Å². The Morgan fingerprint density at radius 1 is 1.36 bits per heavy atom. The lowest BCUT2D eigenvalue weighted by atomic mass is 10.2. The van der Waals surface area contributed by atoms with E-state index in [1.54, 1.807) is 13.2 Å². The molecule has 1 aliphatic rings. The van der Waals surface area contributed by atoms with Crippen LogP contribution in [0.3, 0.4) is 0 Å². The van der Waals surface area contributed by atoms with Crippen molar-refractivity contribution in [3.05, 3.63) is 12.4 Å². The second-order valence-corrected chi connectivity index (χ2v) is 6.45. The Labute approximate surface area is 131 Å². The van der Waals surface area contributed by atoms with E-state index in [1.165, 1.54) is 4.90 Å². The van der Waals surface area contributed by atoms with E-state index in [0.717, 1.165) is 45.1 Å². The third kappa shape index (κ3) is 4.99. The molecule has 0 unspecified atom stereocenters. The average Bonchev–Trinajstić information content (AvgIpc) is 2.92. The number of hydrogen-bond donors (Lipinski definition) is 0. The molecular formula is C15H26N4O3. The summed E-state index contributed by atoms with van der Waals surface area (Å²) in [5.41, 5.74) is 0.230. The summed E-state index contributed by atoms with van der Waals surface area (Å²) in [5.74, 6) is 0. The summed E-state index contributed by atoms with van der Waals surface area (Å²) >= 11 is 0. The van der Waals surface area contributed by atoms with Gasteiger partial charge in [-0.3, -0.25) is 14.5 Å². The third-order valence-electron chi connectivity index (χ3n) is 3.42. The SMILES string of the molecule is CN(C(=O)OC(C)(C)C)c1cnn(CCN2CCOCC2)c1. The minimum Gasteiger partial charge on any atom is -0.443 e. The summed E-state index contributed by atoms with van der Waals surface area (Å²) < 4.78 is 12.5. The highest BCUT2D eigenvalue weighted by molar-refractivity contribution is 5.86. The molecule has 0 saturated carbocycles. The van der Waals surface area contributed by atoms with Gasteiger partial charge in [0.2, 0.25) is 0 Å². The molecule has 22 heavy (non-hydrogen) atoms. The Kier molecular flexibility index (Phi) is 5.42. The summed E-state index contributed by atoms with van der Waals surface area (Å²) in [7, 11) is 1.69. The first-order valence-corrected chi connectivity index (χ1v) is 7.64. The highest BCUT2D eigenvalue weighted by Gasteiger charge is 2.21. The zero-order chi connectivity index (χ0) is 16.2. The van der Waals surface area contributed by atoms with Gasteiger partial charge in [-0.05, 0) is 20.8 Å². The van der Waals surface area contributed by atoms with Gasteiger partial charge in [-0.15, -0.1) is 0 Å². The molecule has 2 rings (SSSR count). The molecule has 1 fully saturated rings. The lowest BCUT2D eigenvalue weighted by Gasteiger charge is -2.26. The van der Waals surface area contributed by atoms with Crippen LogP contribution in [0.4, 0.5) is 10.5 Å². The molecule has 2 heterocycles. The molecule has 1 aromatic rings. The largest absolute Gasteiger partial charge is 0.443 e. The third-order valence-corrected chi connectivity index (χ3v) is 3.42. The maximum absolute atomic E-state index is 12.0. The molecule has 1 saturated heterocycles. The van der Waals surface area contributed by atoms with Crippen LogP contribution in [0.1, 0.15) is 20.8 Å². The van der Waals surface area contributed by atoms with Gasteiger partial charge in [0, 0.05) is 32.9 Å². The molecule has 0 radical (unpaired) electrons. The zero-order valence-electron chi connectivity index (χ0n) is 13.9. The topological polar surface area (TPSA) is 59.8 Å². The van der Waals surface area contributed by atoms with Gasteiger partial charge in [0.05, 0.1) is 31.6 Å². The van der Waals surface area contributed by atoms with E-state index < -0.39 is 5.60 Å². The van der Waals surface area contributed by atoms with Crippen molar-refractivity contribution < 1.29 is 14.3 Å². The van der Waals surface area contributed by atoms with Crippen LogP contribution >= 0.6 is 0 Å². The minimum atomic E-state index is -0.502. The summed E-state index contributed by atoms with van der Waals surface area (Å²) in [6.45, 7) is 10.8. The van der Waals surface area contributed by atoms with Crippen molar-refractivity contribution in [1.82, 2.24) is 14.7 Å². The molecule has 0 spiro atoms. The van der Waals surface area contributed by atoms with Gasteiger partial charge in [-0.1, -0.05) is 0 Å². The van der Waals surface area contributed by atoms with Crippen molar-refractivity contribution in [1.29, 1.82) is 0 Å². The number of amides is 1. The monoisotopic (exact) mass is 310 g/mol. The zero-order valence-corrected chi connectivity index (χ0v) is 13.9. The number of rotatable bonds is 4. The van der Waals surface area contributed by atoms with E-state index >= 15 is 0 Å². The fourth-order valence-electron chi connectivity index (χ4n) is 2.15. The number of morpholine rings is 1. The predicted molar refractivity (Wildman–Crippen MR) is 84.1 cm³/mol. The summed E-state index contributed by atoms with van der Waals surface area (Å²) in [6, 6.07) is 0. The number of anilines is 1. The molecule has 0 atom stereocenters. The van der Waals surface area contributed by atoms with E-state index in [2.05, 4.69) is 10.00 Å². The van der Waals surface area contributed by atoms with Gasteiger partial charge < -0.3 is 9.47 Å². The van der Waals surface area contributed by atoms with Crippen LogP contribution in [0.15, 0.2) is 12.4 Å². The van der Waals surface area contributed by atoms with Gasteiger partial charge in [-0.25, -0.2) is 4.79 Å². The van der Waals surface area contributed by atoms with Gasteiger partial charge in [0.15, 0.2) is 0 Å². The van der Waals surface area contributed by atoms with Crippen LogP contribution in [0, 0.1) is 0 Å². The summed E-state index contributed by atoms with van der Waals surface area (Å²) in [5, 5.41) is 4.31. The van der Waals surface area contributed by atoms with Crippen LogP contribution in [0.5, 0.6) is 0 Å². The molecule has 0 aliphatic carbocycles. The van der Waals surface area contributed by atoms with Crippen LogP contribution in [-0.2, 0) is 16.0 Å². The lowest BCUT2D eigenvalue weighted by Crippen LogP contribution is -2.38. The van der Waals surface area contributed by atoms with E-state index in [9.17, 15) is 4.79 Å². The van der Waals surface area contributed by atoms with E-state index in [4.69, 9.17) is 9.47 Å². The number of carbonyl (C=O) groups is 1. The van der Waals surface area contributed by atoms with Crippen molar-refractivity contribution in [3.63, 3.8) is 0 Å². The Morgan fingerprint density at radius 2 is 2.05 bits per heavy atom. The van der Waals surface area contributed by atoms with Crippen molar-refractivity contribution in [2.24, 2.45) is 0 Å². The van der Waals surface area contributed by atoms with E-state index in [-0.39, 0.29) is 6.09 Å². The van der Waals surface area contributed by atoms with Gasteiger partial charge in [-0.2, -0.15) is 5.10 Å². The van der Waals surface area contributed by atoms with Gasteiger partial charge >= 0.3 is 6.09 Å². The standard InChI is InChI=1S/C15H26N4O3/c1-15(2,3)22-14(20)17(4)13-11-16-19(12-13)6-5-18-7-9-21-10-8-18/h11-12H,5-10H2,1-4H3. The fourth-order valence-corrected chi connectivity index (χ4v) is 2.15. The highest BCUT2D eigenvalue weighted by Crippen LogP contribution is 2.16. The predicted octanol–water partition coefficient (Wildman–Crippen LogP) is 1.59. The molecular weight excluding hydrogens is 284 g/mol. The average molecular weight is 310 g/mol. The Balaban J connectivity index is 1.86. The number of ether oxygens (including phenoxy) is 2. The lowest BCUT2D eigenvalue weighted by molar-refractivity contribution is 0.0359. The molecule has 124 valence electrons. The van der Waals surface area contributed by atoms with E-state index in [1.807, 2.05) is 31.6 Å². The molecule has 1 aliphatic heterocycles. The van der Waals surface area contributed by atoms with Gasteiger partial charge in [0.1, 0.15) is 5.60 Å². The number of nitrogens with zero attached hydrogens (tertiary/aromatic N) is 4. The van der Waals surface area contributed by atoms with Crippen LogP contribution in [-0.4, -0.2) is 66.3 Å². The molecule has 1 aromatic heterocycles. The Morgan fingerprint density at radius 3 is 2.68 bits per heavy atom. The Hall–Kier alpha value is -1.60. The van der Waals surface area contributed by atoms with Crippen molar-refractivity contribution >= 4 is 11.8 Å². The quantitative estimate of drug-likeness (QED) is 0.845. The molecule has 1 amide bonds. The van der Waals surface area contributed by atoms with Crippen LogP contribution < -0.4 is 4.90 Å². The van der Waals surface area contributed by atoms with Crippen molar-refractivity contribution in [2.75, 3.05) is 44.8 Å². The molecule has 0 N–H and O–H groups in total. The summed E-state index contributed by atoms with van der Waals surface area (Å²) in [6.07, 6.45) is 3.17. The maximum Gasteiger partial charge on any atom is 0.414 e. The highest BCUT2D eigenvalue weighted by atomic mass is 16.6. The van der Waals surface area contributed by atoms with Gasteiger partial charge in [0.25, 0.3) is 0 Å². The summed E-state index contributed by atoms with van der Waals surface area (Å²) in [4.78, 5) is 15.8. The fraction of sp³-hybridized carbons (Fsp3) is 0.733.